The molecule has 1 aromatic rings. The van der Waals surface area contributed by atoms with Crippen LogP contribution in [-0.2, 0) is 4.79 Å². The van der Waals surface area contributed by atoms with E-state index in [2.05, 4.69) is 56.1 Å². The van der Waals surface area contributed by atoms with Crippen molar-refractivity contribution in [3.8, 4) is 0 Å². The van der Waals surface area contributed by atoms with Crippen molar-refractivity contribution in [3.63, 3.8) is 0 Å². The van der Waals surface area contributed by atoms with Gasteiger partial charge >= 0.3 is 0 Å². The molecule has 3 nitrogen and oxygen atoms in total. The van der Waals surface area contributed by atoms with Crippen LogP contribution in [0.15, 0.2) is 30.3 Å². The van der Waals surface area contributed by atoms with Crippen LogP contribution in [0.25, 0.3) is 0 Å². The summed E-state index contributed by atoms with van der Waals surface area (Å²) in [5.41, 5.74) is 1.39. The predicted molar refractivity (Wildman–Crippen MR) is 82.7 cm³/mol. The van der Waals surface area contributed by atoms with E-state index >= 15 is 0 Å². The summed E-state index contributed by atoms with van der Waals surface area (Å²) < 4.78 is 0. The molecule has 0 N–H and O–H groups in total. The lowest BCUT2D eigenvalue weighted by Gasteiger charge is -2.24. The maximum atomic E-state index is 11.7. The Labute approximate surface area is 122 Å². The summed E-state index contributed by atoms with van der Waals surface area (Å²) in [6.07, 6.45) is 0.720. The molecule has 2 rings (SSSR count). The Morgan fingerprint density at radius 1 is 1.35 bits per heavy atom. The van der Waals surface area contributed by atoms with E-state index in [4.69, 9.17) is 0 Å². The van der Waals surface area contributed by atoms with Crippen LogP contribution < -0.4 is 0 Å². The van der Waals surface area contributed by atoms with Gasteiger partial charge in [0.15, 0.2) is 0 Å². The topological polar surface area (TPSA) is 23.6 Å². The first kappa shape index (κ1) is 15.0. The van der Waals surface area contributed by atoms with Crippen LogP contribution in [0.3, 0.4) is 0 Å². The van der Waals surface area contributed by atoms with E-state index in [1.807, 2.05) is 4.90 Å². The zero-order chi connectivity index (χ0) is 14.5. The van der Waals surface area contributed by atoms with Gasteiger partial charge in [-0.3, -0.25) is 4.79 Å². The molecule has 1 saturated heterocycles. The lowest BCUT2D eigenvalue weighted by atomic mass is 10.00. The minimum absolute atomic E-state index is 0.321. The van der Waals surface area contributed by atoms with E-state index in [0.717, 1.165) is 32.6 Å². The van der Waals surface area contributed by atoms with Crippen LogP contribution in [0.1, 0.15) is 31.7 Å². The molecule has 0 aliphatic carbocycles. The molecule has 20 heavy (non-hydrogen) atoms. The number of carbonyl (C=O) groups is 1. The number of benzene rings is 1. The van der Waals surface area contributed by atoms with E-state index in [1.54, 1.807) is 0 Å². The number of amides is 1. The van der Waals surface area contributed by atoms with E-state index in [0.29, 0.717) is 17.7 Å². The summed E-state index contributed by atoms with van der Waals surface area (Å²) in [6, 6.07) is 10.6. The highest BCUT2D eigenvalue weighted by Crippen LogP contribution is 2.20. The van der Waals surface area contributed by atoms with Gasteiger partial charge < -0.3 is 9.80 Å². The van der Waals surface area contributed by atoms with Gasteiger partial charge in [0.2, 0.25) is 5.91 Å². The minimum Gasteiger partial charge on any atom is -0.343 e. The van der Waals surface area contributed by atoms with Gasteiger partial charge in [-0.1, -0.05) is 37.3 Å². The highest BCUT2D eigenvalue weighted by atomic mass is 16.2. The normalized spacial score (nSPS) is 20.7. The molecule has 0 bridgehead atoms. The van der Waals surface area contributed by atoms with Crippen LogP contribution in [0.5, 0.6) is 0 Å². The van der Waals surface area contributed by atoms with Crippen LogP contribution in [0, 0.1) is 5.92 Å². The van der Waals surface area contributed by atoms with Crippen LogP contribution in [0.2, 0.25) is 0 Å². The van der Waals surface area contributed by atoms with E-state index in [1.165, 1.54) is 5.56 Å². The molecule has 1 aromatic carbocycles. The van der Waals surface area contributed by atoms with Crippen molar-refractivity contribution in [1.29, 1.82) is 0 Å². The maximum absolute atomic E-state index is 11.7. The largest absolute Gasteiger partial charge is 0.343 e. The summed E-state index contributed by atoms with van der Waals surface area (Å²) in [5, 5.41) is 0. The molecule has 3 heteroatoms. The van der Waals surface area contributed by atoms with Crippen molar-refractivity contribution in [2.45, 2.75) is 26.2 Å². The Bertz CT molecular complexity index is 432. The van der Waals surface area contributed by atoms with Crippen LogP contribution >= 0.6 is 0 Å². The van der Waals surface area contributed by atoms with Crippen molar-refractivity contribution in [1.82, 2.24) is 9.80 Å². The smallest absolute Gasteiger partial charge is 0.222 e. The zero-order valence-electron chi connectivity index (χ0n) is 12.9. The molecule has 2 atom stereocenters. The lowest BCUT2D eigenvalue weighted by Crippen LogP contribution is -2.31. The third kappa shape index (κ3) is 3.83. The van der Waals surface area contributed by atoms with Crippen LogP contribution in [0.4, 0.5) is 0 Å². The number of likely N-dealkylation sites (N-methyl/N-ethyl adjacent to an activating group) is 1. The van der Waals surface area contributed by atoms with Gasteiger partial charge in [0.1, 0.15) is 0 Å². The number of hydrogen-bond donors (Lipinski definition) is 0. The Hall–Kier alpha value is -1.35. The van der Waals surface area contributed by atoms with Crippen LogP contribution in [-0.4, -0.2) is 48.9 Å². The standard InChI is InChI=1S/C17H26N2O/c1-4-19-13-15(10-17(19)20)12-18(3)11-14(2)16-8-6-5-7-9-16/h5-9,14-15H,4,10-13H2,1-3H3/t14-,15+/m0/s1. The van der Waals surface area contributed by atoms with E-state index in [9.17, 15) is 4.79 Å². The van der Waals surface area contributed by atoms with E-state index in [-0.39, 0.29) is 0 Å². The van der Waals surface area contributed by atoms with Gasteiger partial charge in [0, 0.05) is 32.6 Å². The molecule has 0 spiro atoms. The number of hydrogen-bond acceptors (Lipinski definition) is 2. The van der Waals surface area contributed by atoms with Gasteiger partial charge in [0.25, 0.3) is 0 Å². The van der Waals surface area contributed by atoms with Crippen molar-refractivity contribution in [2.75, 3.05) is 33.2 Å². The molecule has 110 valence electrons. The molecule has 1 amide bonds. The second-order valence-electron chi connectivity index (χ2n) is 6.04. The predicted octanol–water partition coefficient (Wildman–Crippen LogP) is 2.59. The van der Waals surface area contributed by atoms with Gasteiger partial charge in [0.05, 0.1) is 0 Å². The Kier molecular flexibility index (Phi) is 5.18. The molecule has 0 saturated carbocycles. The van der Waals surface area contributed by atoms with Crippen molar-refractivity contribution in [3.05, 3.63) is 35.9 Å². The molecule has 0 radical (unpaired) electrons. The molecular weight excluding hydrogens is 248 g/mol. The number of rotatable bonds is 6. The molecular formula is C17H26N2O. The fourth-order valence-corrected chi connectivity index (χ4v) is 3.15. The second kappa shape index (κ2) is 6.89. The molecule has 0 unspecified atom stereocenters. The molecule has 0 aromatic heterocycles. The summed E-state index contributed by atoms with van der Waals surface area (Å²) in [5.74, 6) is 1.35. The summed E-state index contributed by atoms with van der Waals surface area (Å²) in [7, 11) is 2.17. The first-order valence-corrected chi connectivity index (χ1v) is 7.61. The first-order chi connectivity index (χ1) is 9.60. The highest BCUT2D eigenvalue weighted by Gasteiger charge is 2.29. The van der Waals surface area contributed by atoms with Crippen molar-refractivity contribution < 1.29 is 4.79 Å². The van der Waals surface area contributed by atoms with Gasteiger partial charge in [-0.25, -0.2) is 0 Å². The molecule has 1 fully saturated rings. The zero-order valence-corrected chi connectivity index (χ0v) is 12.9. The Morgan fingerprint density at radius 3 is 2.65 bits per heavy atom. The fourth-order valence-electron chi connectivity index (χ4n) is 3.15. The van der Waals surface area contributed by atoms with Crippen molar-refractivity contribution in [2.24, 2.45) is 5.92 Å². The van der Waals surface area contributed by atoms with Gasteiger partial charge in [-0.05, 0) is 31.4 Å². The SMILES string of the molecule is CCN1C[C@@H](CN(C)C[C@H](C)c2ccccc2)CC1=O. The average Bonchev–Trinajstić information content (AvgIpc) is 2.79. The number of likely N-dealkylation sites (tertiary alicyclic amines) is 1. The summed E-state index contributed by atoms with van der Waals surface area (Å²) in [6.45, 7) is 8.16. The number of carbonyl (C=O) groups excluding carboxylic acids is 1. The third-order valence-corrected chi connectivity index (χ3v) is 4.20. The minimum atomic E-state index is 0.321. The molecule has 1 aliphatic rings. The Morgan fingerprint density at radius 2 is 2.05 bits per heavy atom. The van der Waals surface area contributed by atoms with Gasteiger partial charge in [-0.2, -0.15) is 0 Å². The molecule has 1 heterocycles. The summed E-state index contributed by atoms with van der Waals surface area (Å²) in [4.78, 5) is 16.1. The first-order valence-electron chi connectivity index (χ1n) is 7.61. The van der Waals surface area contributed by atoms with E-state index < -0.39 is 0 Å². The summed E-state index contributed by atoms with van der Waals surface area (Å²) >= 11 is 0. The third-order valence-electron chi connectivity index (χ3n) is 4.20. The molecule has 1 aliphatic heterocycles. The second-order valence-corrected chi connectivity index (χ2v) is 6.04. The maximum Gasteiger partial charge on any atom is 0.222 e. The monoisotopic (exact) mass is 274 g/mol. The lowest BCUT2D eigenvalue weighted by molar-refractivity contribution is -0.127. The van der Waals surface area contributed by atoms with Crippen molar-refractivity contribution >= 4 is 5.91 Å². The highest BCUT2D eigenvalue weighted by molar-refractivity contribution is 5.78. The Balaban J connectivity index is 1.81. The fraction of sp³-hybridized carbons (Fsp3) is 0.588. The van der Waals surface area contributed by atoms with Gasteiger partial charge in [-0.15, -0.1) is 0 Å². The number of nitrogens with zero attached hydrogens (tertiary/aromatic N) is 2. The average molecular weight is 274 g/mol. The quantitative estimate of drug-likeness (QED) is 0.796.